The van der Waals surface area contributed by atoms with Crippen LogP contribution in [-0.4, -0.2) is 17.6 Å². The number of rotatable bonds is 7. The Morgan fingerprint density at radius 1 is 1.48 bits per heavy atom. The lowest BCUT2D eigenvalue weighted by Gasteiger charge is -2.09. The highest BCUT2D eigenvalue weighted by Gasteiger charge is 2.12. The third-order valence-corrected chi connectivity index (χ3v) is 4.51. The van der Waals surface area contributed by atoms with Crippen LogP contribution >= 0.6 is 34.5 Å². The molecule has 4 nitrogen and oxygen atoms in total. The predicted molar refractivity (Wildman–Crippen MR) is 84.0 cm³/mol. The summed E-state index contributed by atoms with van der Waals surface area (Å²) in [5.74, 6) is 0.327. The summed E-state index contributed by atoms with van der Waals surface area (Å²) < 4.78 is 6.38. The van der Waals surface area contributed by atoms with Crippen LogP contribution in [0.5, 0.6) is 0 Å². The van der Waals surface area contributed by atoms with Gasteiger partial charge in [-0.3, -0.25) is 4.79 Å². The molecule has 0 aliphatic rings. The first-order valence-electron chi connectivity index (χ1n) is 6.48. The topological polar surface area (TPSA) is 62.5 Å². The average molecular weight is 348 g/mol. The molecule has 0 aliphatic carbocycles. The summed E-state index contributed by atoms with van der Waals surface area (Å²) in [4.78, 5) is 11.7. The molecule has 2 heterocycles. The lowest BCUT2D eigenvalue weighted by atomic mass is 10.1. The molecule has 21 heavy (non-hydrogen) atoms. The number of aryl methyl sites for hydroxylation is 1. The summed E-state index contributed by atoms with van der Waals surface area (Å²) in [7, 11) is 0. The predicted octanol–water partition coefficient (Wildman–Crippen LogP) is 3.82. The summed E-state index contributed by atoms with van der Waals surface area (Å²) in [5.41, 5.74) is 0.968. The highest BCUT2D eigenvalue weighted by molar-refractivity contribution is 7.20. The van der Waals surface area contributed by atoms with E-state index in [1.807, 2.05) is 6.07 Å². The van der Waals surface area contributed by atoms with Crippen molar-refractivity contribution in [1.82, 2.24) is 5.32 Å². The molecule has 0 radical (unpaired) electrons. The van der Waals surface area contributed by atoms with Gasteiger partial charge in [-0.15, -0.1) is 11.3 Å². The van der Waals surface area contributed by atoms with Crippen molar-refractivity contribution in [2.45, 2.75) is 25.4 Å². The smallest absolute Gasteiger partial charge is 0.220 e. The summed E-state index contributed by atoms with van der Waals surface area (Å²) in [6, 6.07) is 5.18. The van der Waals surface area contributed by atoms with Crippen molar-refractivity contribution in [1.29, 1.82) is 0 Å². The number of aliphatic hydroxyl groups is 1. The highest BCUT2D eigenvalue weighted by atomic mass is 35.5. The molecule has 0 aromatic carbocycles. The molecule has 2 aromatic rings. The first-order valence-corrected chi connectivity index (χ1v) is 8.05. The van der Waals surface area contributed by atoms with Crippen LogP contribution in [0.2, 0.25) is 8.67 Å². The van der Waals surface area contributed by atoms with E-state index in [0.717, 1.165) is 5.56 Å². The maximum absolute atomic E-state index is 11.7. The zero-order valence-electron chi connectivity index (χ0n) is 11.1. The maximum Gasteiger partial charge on any atom is 0.220 e. The van der Waals surface area contributed by atoms with Gasteiger partial charge in [0.1, 0.15) is 11.9 Å². The quantitative estimate of drug-likeness (QED) is 0.800. The second-order valence-electron chi connectivity index (χ2n) is 4.54. The van der Waals surface area contributed by atoms with Gasteiger partial charge in [-0.1, -0.05) is 23.2 Å². The molecule has 2 rings (SSSR count). The third-order valence-electron chi connectivity index (χ3n) is 2.94. The fourth-order valence-corrected chi connectivity index (χ4v) is 3.41. The molecule has 0 bridgehead atoms. The number of thiophene rings is 1. The number of carbonyl (C=O) groups excluding carboxylic acids is 1. The first-order chi connectivity index (χ1) is 10.1. The molecule has 1 amide bonds. The Balaban J connectivity index is 1.67. The van der Waals surface area contributed by atoms with Crippen LogP contribution in [0.3, 0.4) is 0 Å². The molecule has 2 N–H and O–H groups in total. The Hall–Kier alpha value is -1.01. The molecule has 114 valence electrons. The Morgan fingerprint density at radius 2 is 2.29 bits per heavy atom. The molecule has 0 saturated carbocycles. The van der Waals surface area contributed by atoms with Gasteiger partial charge in [-0.25, -0.2) is 0 Å². The largest absolute Gasteiger partial charge is 0.467 e. The van der Waals surface area contributed by atoms with Gasteiger partial charge >= 0.3 is 0 Å². The number of aliphatic hydroxyl groups excluding tert-OH is 1. The minimum Gasteiger partial charge on any atom is -0.467 e. The van der Waals surface area contributed by atoms with Crippen molar-refractivity contribution in [3.8, 4) is 0 Å². The van der Waals surface area contributed by atoms with E-state index >= 15 is 0 Å². The van der Waals surface area contributed by atoms with E-state index in [4.69, 9.17) is 27.6 Å². The summed E-state index contributed by atoms with van der Waals surface area (Å²) in [6.45, 7) is 0.136. The van der Waals surface area contributed by atoms with Crippen LogP contribution in [0.1, 0.15) is 30.3 Å². The van der Waals surface area contributed by atoms with Crippen LogP contribution in [0.25, 0.3) is 0 Å². The molecular weight excluding hydrogens is 333 g/mol. The van der Waals surface area contributed by atoms with Crippen LogP contribution in [0.15, 0.2) is 28.9 Å². The number of halogens is 2. The van der Waals surface area contributed by atoms with Crippen molar-refractivity contribution in [2.75, 3.05) is 6.54 Å². The molecule has 7 heteroatoms. The van der Waals surface area contributed by atoms with Crippen molar-refractivity contribution < 1.29 is 14.3 Å². The van der Waals surface area contributed by atoms with Gasteiger partial charge in [0.2, 0.25) is 5.91 Å². The van der Waals surface area contributed by atoms with Gasteiger partial charge in [0.25, 0.3) is 0 Å². The van der Waals surface area contributed by atoms with Crippen molar-refractivity contribution >= 4 is 40.4 Å². The number of amides is 1. The lowest BCUT2D eigenvalue weighted by molar-refractivity contribution is -0.121. The van der Waals surface area contributed by atoms with E-state index < -0.39 is 6.10 Å². The molecule has 2 aromatic heterocycles. The van der Waals surface area contributed by atoms with Crippen molar-refractivity contribution in [3.05, 3.63) is 44.5 Å². The minimum atomic E-state index is -0.825. The number of nitrogens with one attached hydrogen (secondary N) is 1. The summed E-state index contributed by atoms with van der Waals surface area (Å²) >= 11 is 13.2. The van der Waals surface area contributed by atoms with Gasteiger partial charge in [-0.2, -0.15) is 0 Å². The molecular formula is C14H15Cl2NO3S. The summed E-state index contributed by atoms with van der Waals surface area (Å²) in [6.07, 6.45) is 2.41. The first kappa shape index (κ1) is 16.4. The van der Waals surface area contributed by atoms with Gasteiger partial charge in [-0.05, 0) is 36.6 Å². The lowest BCUT2D eigenvalue weighted by Crippen LogP contribution is -2.28. The Labute approximate surface area is 136 Å². The van der Waals surface area contributed by atoms with Gasteiger partial charge < -0.3 is 14.8 Å². The summed E-state index contributed by atoms with van der Waals surface area (Å²) in [5, 5.41) is 12.4. The fraction of sp³-hybridized carbons (Fsp3) is 0.357. The minimum absolute atomic E-state index is 0.113. The number of hydrogen-bond donors (Lipinski definition) is 2. The Kier molecular flexibility index (Phi) is 6.11. The number of hydrogen-bond acceptors (Lipinski definition) is 4. The van der Waals surface area contributed by atoms with Crippen LogP contribution in [0, 0.1) is 0 Å². The fourth-order valence-electron chi connectivity index (χ4n) is 1.86. The van der Waals surface area contributed by atoms with E-state index in [0.29, 0.717) is 33.7 Å². The number of carbonyl (C=O) groups is 1. The second-order valence-corrected chi connectivity index (χ2v) is 6.82. The Morgan fingerprint density at radius 3 is 2.90 bits per heavy atom. The molecule has 0 spiro atoms. The zero-order valence-corrected chi connectivity index (χ0v) is 13.5. The van der Waals surface area contributed by atoms with Crippen LogP contribution < -0.4 is 5.32 Å². The van der Waals surface area contributed by atoms with E-state index in [9.17, 15) is 9.90 Å². The van der Waals surface area contributed by atoms with E-state index in [-0.39, 0.29) is 12.5 Å². The second kappa shape index (κ2) is 7.84. The van der Waals surface area contributed by atoms with E-state index in [1.165, 1.54) is 17.6 Å². The Bertz CT molecular complexity index is 583. The molecule has 0 unspecified atom stereocenters. The standard InChI is InChI=1S/C14H15Cl2NO3S/c15-12-7-9(14(16)21-12)3-1-5-13(19)17-8-10(18)11-4-2-6-20-11/h2,4,6-7,10,18H,1,3,5,8H2,(H,17,19)/t10-/m1/s1. The molecule has 0 aliphatic heterocycles. The molecule has 1 atom stereocenters. The zero-order chi connectivity index (χ0) is 15.2. The number of furan rings is 1. The average Bonchev–Trinajstić information content (AvgIpc) is 3.06. The van der Waals surface area contributed by atoms with Gasteiger partial charge in [0.15, 0.2) is 0 Å². The van der Waals surface area contributed by atoms with E-state index in [2.05, 4.69) is 5.32 Å². The van der Waals surface area contributed by atoms with Crippen molar-refractivity contribution in [2.24, 2.45) is 0 Å². The van der Waals surface area contributed by atoms with Gasteiger partial charge in [0, 0.05) is 6.42 Å². The van der Waals surface area contributed by atoms with Crippen LogP contribution in [0.4, 0.5) is 0 Å². The SMILES string of the molecule is O=C(CCCc1cc(Cl)sc1Cl)NC[C@@H](O)c1ccco1. The van der Waals surface area contributed by atoms with E-state index in [1.54, 1.807) is 12.1 Å². The maximum atomic E-state index is 11.7. The molecule has 0 fully saturated rings. The van der Waals surface area contributed by atoms with Crippen molar-refractivity contribution in [3.63, 3.8) is 0 Å². The normalized spacial score (nSPS) is 12.3. The molecule has 0 saturated heterocycles. The van der Waals surface area contributed by atoms with Crippen LogP contribution in [-0.2, 0) is 11.2 Å². The third kappa shape index (κ3) is 5.04. The highest BCUT2D eigenvalue weighted by Crippen LogP contribution is 2.31. The monoisotopic (exact) mass is 347 g/mol. The van der Waals surface area contributed by atoms with Gasteiger partial charge in [0.05, 0.1) is 21.5 Å².